The van der Waals surface area contributed by atoms with Crippen LogP contribution in [0, 0.1) is 18.3 Å². The summed E-state index contributed by atoms with van der Waals surface area (Å²) >= 11 is 1.36. The minimum Gasteiger partial charge on any atom is -0.379 e. The largest absolute Gasteiger partial charge is 0.379 e. The molecule has 0 bridgehead atoms. The number of morpholine rings is 1. The molecule has 2 heterocycles. The Labute approximate surface area is 112 Å². The Balaban J connectivity index is 1.90. The fourth-order valence-corrected chi connectivity index (χ4v) is 2.90. The number of hydrogen-bond donors (Lipinski definition) is 1. The van der Waals surface area contributed by atoms with Gasteiger partial charge in [0, 0.05) is 25.7 Å². The lowest BCUT2D eigenvalue weighted by Gasteiger charge is -2.29. The van der Waals surface area contributed by atoms with Crippen LogP contribution in [0.3, 0.4) is 0 Å². The summed E-state index contributed by atoms with van der Waals surface area (Å²) in [5.41, 5.74) is 1.48. The van der Waals surface area contributed by atoms with Gasteiger partial charge in [-0.25, -0.2) is 0 Å². The topological polar surface area (TPSA) is 61.2 Å². The molecule has 0 spiro atoms. The van der Waals surface area contributed by atoms with Gasteiger partial charge in [-0.1, -0.05) is 0 Å². The van der Waals surface area contributed by atoms with E-state index in [9.17, 15) is 0 Å². The first kappa shape index (κ1) is 13.3. The van der Waals surface area contributed by atoms with Crippen molar-refractivity contribution in [3.8, 4) is 6.07 Å². The normalized spacial score (nSPS) is 18.3. The number of aromatic nitrogens is 1. The Morgan fingerprint density at radius 1 is 1.56 bits per heavy atom. The summed E-state index contributed by atoms with van der Waals surface area (Å²) in [5, 5.41) is 13.3. The molecule has 1 aromatic heterocycles. The zero-order chi connectivity index (χ0) is 13.0. The van der Waals surface area contributed by atoms with Crippen molar-refractivity contribution in [3.05, 3.63) is 11.3 Å². The molecule has 0 saturated carbocycles. The molecule has 1 atom stereocenters. The predicted octanol–water partition coefficient (Wildman–Crippen LogP) is 1.46. The van der Waals surface area contributed by atoms with Crippen LogP contribution in [0.2, 0.25) is 0 Å². The van der Waals surface area contributed by atoms with Gasteiger partial charge < -0.3 is 10.1 Å². The molecule has 1 saturated heterocycles. The second kappa shape index (κ2) is 6.14. The van der Waals surface area contributed by atoms with Gasteiger partial charge in [-0.15, -0.1) is 0 Å². The maximum Gasteiger partial charge on any atom is 0.127 e. The van der Waals surface area contributed by atoms with Gasteiger partial charge in [-0.3, -0.25) is 4.90 Å². The van der Waals surface area contributed by atoms with E-state index in [2.05, 4.69) is 27.6 Å². The standard InChI is InChI=1S/C12H18N4OS/c1-9(8-16-3-5-17-6-4-16)14-12-11(7-13)10(2)15-18-12/h9,14H,3-6,8H2,1-2H3. The molecule has 1 fully saturated rings. The first-order valence-electron chi connectivity index (χ1n) is 6.13. The van der Waals surface area contributed by atoms with E-state index in [0.29, 0.717) is 11.6 Å². The number of nitrogens with one attached hydrogen (secondary N) is 1. The molecule has 1 N–H and O–H groups in total. The SMILES string of the molecule is Cc1nsc(NC(C)CN2CCOCC2)c1C#N. The van der Waals surface area contributed by atoms with E-state index in [1.807, 2.05) is 6.92 Å². The molecule has 98 valence electrons. The minimum atomic E-state index is 0.301. The molecule has 0 aromatic carbocycles. The highest BCUT2D eigenvalue weighted by molar-refractivity contribution is 7.10. The molecular weight excluding hydrogens is 248 g/mol. The third-order valence-electron chi connectivity index (χ3n) is 2.99. The monoisotopic (exact) mass is 266 g/mol. The average molecular weight is 266 g/mol. The quantitative estimate of drug-likeness (QED) is 0.894. The van der Waals surface area contributed by atoms with Gasteiger partial charge in [0.2, 0.25) is 0 Å². The van der Waals surface area contributed by atoms with E-state index in [0.717, 1.165) is 43.5 Å². The molecule has 0 aliphatic carbocycles. The molecule has 1 aromatic rings. The van der Waals surface area contributed by atoms with Crippen LogP contribution < -0.4 is 5.32 Å². The van der Waals surface area contributed by atoms with Crippen molar-refractivity contribution < 1.29 is 4.74 Å². The van der Waals surface area contributed by atoms with Crippen molar-refractivity contribution in [3.63, 3.8) is 0 Å². The van der Waals surface area contributed by atoms with Gasteiger partial charge >= 0.3 is 0 Å². The molecule has 2 rings (SSSR count). The smallest absolute Gasteiger partial charge is 0.127 e. The molecule has 5 nitrogen and oxygen atoms in total. The zero-order valence-electron chi connectivity index (χ0n) is 10.8. The number of ether oxygens (including phenoxy) is 1. The maximum absolute atomic E-state index is 9.07. The average Bonchev–Trinajstić information content (AvgIpc) is 2.71. The van der Waals surface area contributed by atoms with Crippen LogP contribution >= 0.6 is 11.5 Å². The van der Waals surface area contributed by atoms with Crippen molar-refractivity contribution in [1.29, 1.82) is 5.26 Å². The lowest BCUT2D eigenvalue weighted by Crippen LogP contribution is -2.42. The molecule has 1 aliphatic rings. The Morgan fingerprint density at radius 2 is 2.28 bits per heavy atom. The third-order valence-corrected chi connectivity index (χ3v) is 3.86. The van der Waals surface area contributed by atoms with E-state index >= 15 is 0 Å². The fraction of sp³-hybridized carbons (Fsp3) is 0.667. The van der Waals surface area contributed by atoms with Gasteiger partial charge in [0.1, 0.15) is 16.6 Å². The Hall–Kier alpha value is -1.16. The van der Waals surface area contributed by atoms with E-state index in [4.69, 9.17) is 10.00 Å². The first-order chi connectivity index (χ1) is 8.70. The molecule has 0 amide bonds. The highest BCUT2D eigenvalue weighted by Crippen LogP contribution is 2.24. The minimum absolute atomic E-state index is 0.301. The van der Waals surface area contributed by atoms with Crippen LogP contribution in [0.5, 0.6) is 0 Å². The van der Waals surface area contributed by atoms with Crippen molar-refractivity contribution in [2.75, 3.05) is 38.2 Å². The summed E-state index contributed by atoms with van der Waals surface area (Å²) in [6, 6.07) is 2.51. The van der Waals surface area contributed by atoms with Crippen molar-refractivity contribution in [2.24, 2.45) is 0 Å². The summed E-state index contributed by atoms with van der Waals surface area (Å²) < 4.78 is 9.54. The number of aryl methyl sites for hydroxylation is 1. The van der Waals surface area contributed by atoms with E-state index < -0.39 is 0 Å². The van der Waals surface area contributed by atoms with Crippen LogP contribution in [0.4, 0.5) is 5.00 Å². The Kier molecular flexibility index (Phi) is 4.53. The van der Waals surface area contributed by atoms with Gasteiger partial charge in [0.05, 0.1) is 18.9 Å². The summed E-state index contributed by atoms with van der Waals surface area (Å²) in [5.74, 6) is 0. The maximum atomic E-state index is 9.07. The lowest BCUT2D eigenvalue weighted by atomic mass is 10.2. The second-order valence-corrected chi connectivity index (χ2v) is 5.32. The number of hydrogen-bond acceptors (Lipinski definition) is 6. The molecule has 1 aliphatic heterocycles. The Morgan fingerprint density at radius 3 is 2.94 bits per heavy atom. The van der Waals surface area contributed by atoms with Crippen LogP contribution in [0.1, 0.15) is 18.2 Å². The lowest BCUT2D eigenvalue weighted by molar-refractivity contribution is 0.0368. The van der Waals surface area contributed by atoms with Gasteiger partial charge in [-0.05, 0) is 25.4 Å². The second-order valence-electron chi connectivity index (χ2n) is 4.54. The van der Waals surface area contributed by atoms with Gasteiger partial charge in [-0.2, -0.15) is 9.64 Å². The van der Waals surface area contributed by atoms with Crippen LogP contribution in [0.15, 0.2) is 0 Å². The number of rotatable bonds is 4. The molecule has 18 heavy (non-hydrogen) atoms. The summed E-state index contributed by atoms with van der Waals surface area (Å²) in [6.07, 6.45) is 0. The summed E-state index contributed by atoms with van der Waals surface area (Å²) in [7, 11) is 0. The zero-order valence-corrected chi connectivity index (χ0v) is 11.6. The number of anilines is 1. The van der Waals surface area contributed by atoms with E-state index in [1.54, 1.807) is 0 Å². The van der Waals surface area contributed by atoms with Crippen LogP contribution in [-0.4, -0.2) is 48.2 Å². The van der Waals surface area contributed by atoms with Crippen LogP contribution in [-0.2, 0) is 4.74 Å². The fourth-order valence-electron chi connectivity index (χ4n) is 2.04. The molecule has 6 heteroatoms. The van der Waals surface area contributed by atoms with Crippen molar-refractivity contribution >= 4 is 16.5 Å². The van der Waals surface area contributed by atoms with Crippen molar-refractivity contribution in [1.82, 2.24) is 9.27 Å². The van der Waals surface area contributed by atoms with Crippen molar-refractivity contribution in [2.45, 2.75) is 19.9 Å². The predicted molar refractivity (Wildman–Crippen MR) is 71.9 cm³/mol. The van der Waals surface area contributed by atoms with E-state index in [1.165, 1.54) is 11.5 Å². The Bertz CT molecular complexity index is 434. The molecule has 0 radical (unpaired) electrons. The number of nitrogens with zero attached hydrogens (tertiary/aromatic N) is 3. The molecular formula is C12H18N4OS. The van der Waals surface area contributed by atoms with Gasteiger partial charge in [0.15, 0.2) is 0 Å². The summed E-state index contributed by atoms with van der Waals surface area (Å²) in [4.78, 5) is 2.38. The summed E-state index contributed by atoms with van der Waals surface area (Å²) in [6.45, 7) is 8.56. The third kappa shape index (κ3) is 3.19. The number of nitriles is 1. The van der Waals surface area contributed by atoms with Crippen LogP contribution in [0.25, 0.3) is 0 Å². The molecule has 1 unspecified atom stereocenters. The highest BCUT2D eigenvalue weighted by atomic mass is 32.1. The van der Waals surface area contributed by atoms with E-state index in [-0.39, 0.29) is 0 Å². The highest BCUT2D eigenvalue weighted by Gasteiger charge is 2.16. The van der Waals surface area contributed by atoms with Gasteiger partial charge in [0.25, 0.3) is 0 Å². The first-order valence-corrected chi connectivity index (χ1v) is 6.91.